The van der Waals surface area contributed by atoms with E-state index in [1.165, 1.54) is 10.7 Å². The number of halogens is 4. The van der Waals surface area contributed by atoms with E-state index in [0.717, 1.165) is 12.3 Å². The fourth-order valence-electron chi connectivity index (χ4n) is 3.12. The summed E-state index contributed by atoms with van der Waals surface area (Å²) in [5.41, 5.74) is 0.179. The van der Waals surface area contributed by atoms with E-state index >= 15 is 0 Å². The molecule has 0 radical (unpaired) electrons. The lowest BCUT2D eigenvalue weighted by Gasteiger charge is -2.23. The summed E-state index contributed by atoms with van der Waals surface area (Å²) in [4.78, 5) is 20.3. The van der Waals surface area contributed by atoms with Crippen molar-refractivity contribution >= 4 is 23.3 Å². The normalized spacial score (nSPS) is 15.8. The molecule has 2 aromatic heterocycles. The molecule has 0 atom stereocenters. The van der Waals surface area contributed by atoms with Crippen LogP contribution in [0, 0.1) is 6.92 Å². The first kappa shape index (κ1) is 19.5. The zero-order valence-corrected chi connectivity index (χ0v) is 15.7. The van der Waals surface area contributed by atoms with Gasteiger partial charge in [0.2, 0.25) is 0 Å². The van der Waals surface area contributed by atoms with E-state index in [0.29, 0.717) is 54.8 Å². The van der Waals surface area contributed by atoms with Gasteiger partial charge in [-0.15, -0.1) is 0 Å². The molecular formula is C17H19ClF3N5O. The summed E-state index contributed by atoms with van der Waals surface area (Å²) in [6, 6.07) is 2.39. The second kappa shape index (κ2) is 7.38. The number of hydrogen-bond donors (Lipinski definition) is 0. The average molecular weight is 402 g/mol. The Hall–Kier alpha value is -2.29. The first-order valence-corrected chi connectivity index (χ1v) is 8.83. The summed E-state index contributed by atoms with van der Waals surface area (Å²) >= 11 is 6.19. The number of carbonyl (C=O) groups excluding carboxylic acids is 1. The van der Waals surface area contributed by atoms with Crippen molar-refractivity contribution in [3.05, 3.63) is 40.3 Å². The minimum Gasteiger partial charge on any atom is -0.355 e. The minimum atomic E-state index is -4.41. The van der Waals surface area contributed by atoms with Gasteiger partial charge >= 0.3 is 6.18 Å². The fourth-order valence-corrected chi connectivity index (χ4v) is 3.38. The van der Waals surface area contributed by atoms with E-state index in [1.54, 1.807) is 18.9 Å². The molecule has 0 spiro atoms. The zero-order valence-electron chi connectivity index (χ0n) is 14.9. The third-order valence-corrected chi connectivity index (χ3v) is 4.98. The number of aromatic nitrogens is 3. The molecule has 3 heterocycles. The zero-order chi connectivity index (χ0) is 19.8. The van der Waals surface area contributed by atoms with E-state index in [2.05, 4.69) is 10.1 Å². The summed E-state index contributed by atoms with van der Waals surface area (Å²) in [7, 11) is 1.67. The van der Waals surface area contributed by atoms with Crippen molar-refractivity contribution in [2.45, 2.75) is 19.5 Å². The summed E-state index contributed by atoms with van der Waals surface area (Å²) < 4.78 is 39.5. The summed E-state index contributed by atoms with van der Waals surface area (Å²) in [5.74, 6) is 0.278. The van der Waals surface area contributed by atoms with Crippen LogP contribution in [0.1, 0.15) is 28.0 Å². The Morgan fingerprint density at radius 1 is 1.19 bits per heavy atom. The van der Waals surface area contributed by atoms with E-state index in [4.69, 9.17) is 11.6 Å². The van der Waals surface area contributed by atoms with Gasteiger partial charge in [-0.3, -0.25) is 9.48 Å². The molecule has 10 heteroatoms. The van der Waals surface area contributed by atoms with Crippen molar-refractivity contribution in [3.8, 4) is 0 Å². The molecule has 1 aliphatic heterocycles. The standard InChI is InChI=1S/C17H19ClF3N5O/c1-11-14(15(18)24(2)23-11)16(27)26-7-3-6-25(8-9-26)13-5-4-12(10-22-13)17(19,20)21/h4-5,10H,3,6-9H2,1-2H3. The quantitative estimate of drug-likeness (QED) is 0.775. The lowest BCUT2D eigenvalue weighted by Crippen LogP contribution is -2.35. The van der Waals surface area contributed by atoms with Crippen LogP contribution in [0.15, 0.2) is 18.3 Å². The highest BCUT2D eigenvalue weighted by Crippen LogP contribution is 2.29. The molecule has 0 saturated carbocycles. The number of carbonyl (C=O) groups is 1. The minimum absolute atomic E-state index is 0.187. The lowest BCUT2D eigenvalue weighted by atomic mass is 10.2. The fraction of sp³-hybridized carbons (Fsp3) is 0.471. The molecule has 1 saturated heterocycles. The first-order chi connectivity index (χ1) is 12.7. The van der Waals surface area contributed by atoms with Gasteiger partial charge in [-0.2, -0.15) is 18.3 Å². The van der Waals surface area contributed by atoms with Crippen molar-refractivity contribution in [2.75, 3.05) is 31.1 Å². The first-order valence-electron chi connectivity index (χ1n) is 8.45. The lowest BCUT2D eigenvalue weighted by molar-refractivity contribution is -0.137. The molecular weight excluding hydrogens is 383 g/mol. The van der Waals surface area contributed by atoms with Crippen LogP contribution in [0.3, 0.4) is 0 Å². The van der Waals surface area contributed by atoms with Gasteiger partial charge in [0.15, 0.2) is 0 Å². The SMILES string of the molecule is Cc1nn(C)c(Cl)c1C(=O)N1CCCN(c2ccc(C(F)(F)F)cn2)CC1. The maximum absolute atomic E-state index is 12.8. The molecule has 1 amide bonds. The van der Waals surface area contributed by atoms with Gasteiger partial charge in [-0.1, -0.05) is 11.6 Å². The van der Waals surface area contributed by atoms with Gasteiger partial charge in [0.05, 0.1) is 16.8 Å². The maximum atomic E-state index is 12.8. The molecule has 0 N–H and O–H groups in total. The maximum Gasteiger partial charge on any atom is 0.417 e. The number of alkyl halides is 3. The van der Waals surface area contributed by atoms with Crippen molar-refractivity contribution in [1.29, 1.82) is 0 Å². The number of anilines is 1. The molecule has 0 unspecified atom stereocenters. The average Bonchev–Trinajstić information content (AvgIpc) is 2.80. The third kappa shape index (κ3) is 4.02. The molecule has 6 nitrogen and oxygen atoms in total. The van der Waals surface area contributed by atoms with Gasteiger partial charge in [-0.05, 0) is 25.5 Å². The number of pyridine rings is 1. The summed E-state index contributed by atoms with van der Waals surface area (Å²) in [6.07, 6.45) is -2.90. The Balaban J connectivity index is 1.71. The van der Waals surface area contributed by atoms with Gasteiger partial charge in [0.1, 0.15) is 11.0 Å². The van der Waals surface area contributed by atoms with Crippen LogP contribution in [0.2, 0.25) is 5.15 Å². The molecule has 0 aromatic carbocycles. The smallest absolute Gasteiger partial charge is 0.355 e. The second-order valence-electron chi connectivity index (χ2n) is 6.41. The summed E-state index contributed by atoms with van der Waals surface area (Å²) in [5, 5.41) is 4.46. The second-order valence-corrected chi connectivity index (χ2v) is 6.77. The largest absolute Gasteiger partial charge is 0.417 e. The van der Waals surface area contributed by atoms with E-state index in [9.17, 15) is 18.0 Å². The Morgan fingerprint density at radius 3 is 2.48 bits per heavy atom. The molecule has 0 aliphatic carbocycles. The molecule has 0 bridgehead atoms. The van der Waals surface area contributed by atoms with E-state index < -0.39 is 11.7 Å². The van der Waals surface area contributed by atoms with Gasteiger partial charge in [-0.25, -0.2) is 4.98 Å². The van der Waals surface area contributed by atoms with E-state index in [1.807, 2.05) is 4.90 Å². The molecule has 1 fully saturated rings. The number of rotatable bonds is 2. The van der Waals surface area contributed by atoms with Crippen LogP contribution in [0.4, 0.5) is 19.0 Å². The Morgan fingerprint density at radius 2 is 1.93 bits per heavy atom. The van der Waals surface area contributed by atoms with Crippen LogP contribution >= 0.6 is 11.6 Å². The van der Waals surface area contributed by atoms with Gasteiger partial charge in [0, 0.05) is 39.4 Å². The number of nitrogens with zero attached hydrogens (tertiary/aromatic N) is 5. The van der Waals surface area contributed by atoms with Crippen molar-refractivity contribution in [1.82, 2.24) is 19.7 Å². The van der Waals surface area contributed by atoms with E-state index in [-0.39, 0.29) is 5.91 Å². The van der Waals surface area contributed by atoms with Gasteiger partial charge in [0.25, 0.3) is 5.91 Å². The predicted molar refractivity (Wildman–Crippen MR) is 94.9 cm³/mol. The summed E-state index contributed by atoms with van der Waals surface area (Å²) in [6.45, 7) is 3.76. The Bertz CT molecular complexity index is 834. The number of aryl methyl sites for hydroxylation is 2. The molecule has 27 heavy (non-hydrogen) atoms. The van der Waals surface area contributed by atoms with Crippen LogP contribution in [0.5, 0.6) is 0 Å². The van der Waals surface area contributed by atoms with Gasteiger partial charge < -0.3 is 9.80 Å². The third-order valence-electron chi connectivity index (χ3n) is 4.55. The number of amides is 1. The monoisotopic (exact) mass is 401 g/mol. The molecule has 146 valence electrons. The molecule has 3 rings (SSSR count). The number of hydrogen-bond acceptors (Lipinski definition) is 4. The Kier molecular flexibility index (Phi) is 5.32. The highest BCUT2D eigenvalue weighted by atomic mass is 35.5. The van der Waals surface area contributed by atoms with Crippen molar-refractivity contribution in [3.63, 3.8) is 0 Å². The van der Waals surface area contributed by atoms with Crippen LogP contribution < -0.4 is 4.90 Å². The highest BCUT2D eigenvalue weighted by molar-refractivity contribution is 6.33. The van der Waals surface area contributed by atoms with Crippen LogP contribution in [-0.2, 0) is 13.2 Å². The predicted octanol–water partition coefficient (Wildman–Crippen LogP) is 3.15. The molecule has 2 aromatic rings. The highest BCUT2D eigenvalue weighted by Gasteiger charge is 2.31. The Labute approximate surface area is 159 Å². The van der Waals surface area contributed by atoms with Crippen molar-refractivity contribution in [2.24, 2.45) is 7.05 Å². The van der Waals surface area contributed by atoms with Crippen LogP contribution in [-0.4, -0.2) is 51.8 Å². The molecule has 1 aliphatic rings. The topological polar surface area (TPSA) is 54.3 Å². The van der Waals surface area contributed by atoms with Crippen LogP contribution in [0.25, 0.3) is 0 Å². The van der Waals surface area contributed by atoms with Crippen molar-refractivity contribution < 1.29 is 18.0 Å².